The standard InChI is InChI=1S/C26H28FN7O2/c1-16-8-9-17(13-21(16)36-5)24-23-25(28)29-15-30-26(23)34(31-24)18-10-11-20(19(27)14-18)33(4)22(35)7-6-12-32(2)3/h6-11,13-15H,12H2,1-5H3,(H2,28,29,30)/b7-6+. The van der Waals surface area contributed by atoms with Gasteiger partial charge in [0.2, 0.25) is 0 Å². The fraction of sp³-hybridized carbons (Fsp3) is 0.231. The zero-order chi connectivity index (χ0) is 26.0. The van der Waals surface area contributed by atoms with Gasteiger partial charge in [0.1, 0.15) is 29.4 Å². The average Bonchev–Trinajstić information content (AvgIpc) is 3.24. The fourth-order valence-corrected chi connectivity index (χ4v) is 3.82. The van der Waals surface area contributed by atoms with E-state index < -0.39 is 5.82 Å². The maximum Gasteiger partial charge on any atom is 0.250 e. The molecule has 2 N–H and O–H groups in total. The number of hydrogen-bond donors (Lipinski definition) is 1. The number of nitrogens with zero attached hydrogens (tertiary/aromatic N) is 6. The molecule has 0 aliphatic rings. The monoisotopic (exact) mass is 489 g/mol. The van der Waals surface area contributed by atoms with Crippen molar-refractivity contribution in [3.05, 3.63) is 66.3 Å². The largest absolute Gasteiger partial charge is 0.496 e. The predicted octanol–water partition coefficient (Wildman–Crippen LogP) is 3.60. The number of anilines is 2. The van der Waals surface area contributed by atoms with Gasteiger partial charge in [-0.05, 0) is 44.8 Å². The Balaban J connectivity index is 1.76. The summed E-state index contributed by atoms with van der Waals surface area (Å²) in [5.41, 5.74) is 9.49. The molecule has 0 bridgehead atoms. The van der Waals surface area contributed by atoms with E-state index in [9.17, 15) is 4.79 Å². The molecule has 0 aliphatic carbocycles. The van der Waals surface area contributed by atoms with Crippen molar-refractivity contribution in [3.8, 4) is 22.7 Å². The van der Waals surface area contributed by atoms with E-state index in [1.165, 1.54) is 41.2 Å². The van der Waals surface area contributed by atoms with Crippen LogP contribution in [0.3, 0.4) is 0 Å². The van der Waals surface area contributed by atoms with Crippen molar-refractivity contribution in [1.82, 2.24) is 24.6 Å². The Morgan fingerprint density at radius 3 is 2.64 bits per heavy atom. The molecule has 1 amide bonds. The molecule has 2 heterocycles. The number of methoxy groups -OCH3 is 1. The van der Waals surface area contributed by atoms with Crippen LogP contribution in [0.1, 0.15) is 5.56 Å². The van der Waals surface area contributed by atoms with E-state index in [-0.39, 0.29) is 17.4 Å². The van der Waals surface area contributed by atoms with Gasteiger partial charge in [-0.1, -0.05) is 18.2 Å². The molecule has 2 aromatic carbocycles. The van der Waals surface area contributed by atoms with Crippen LogP contribution in [0.15, 0.2) is 54.9 Å². The number of aryl methyl sites for hydroxylation is 1. The number of nitrogens with two attached hydrogens (primary N) is 1. The number of carbonyl (C=O) groups is 1. The smallest absolute Gasteiger partial charge is 0.250 e. The normalized spacial score (nSPS) is 11.5. The molecular weight excluding hydrogens is 461 g/mol. The Kier molecular flexibility index (Phi) is 6.98. The minimum atomic E-state index is -0.575. The minimum Gasteiger partial charge on any atom is -0.496 e. The van der Waals surface area contributed by atoms with E-state index >= 15 is 4.39 Å². The first-order chi connectivity index (χ1) is 17.2. The van der Waals surface area contributed by atoms with Gasteiger partial charge in [-0.15, -0.1) is 0 Å². The van der Waals surface area contributed by atoms with Gasteiger partial charge in [-0.2, -0.15) is 5.10 Å². The number of ether oxygens (including phenoxy) is 1. The number of carbonyl (C=O) groups excluding carboxylic acids is 1. The lowest BCUT2D eigenvalue weighted by Crippen LogP contribution is -2.25. The number of hydrogen-bond acceptors (Lipinski definition) is 7. The van der Waals surface area contributed by atoms with Crippen molar-refractivity contribution >= 4 is 28.4 Å². The Labute approximate surface area is 208 Å². The Bertz CT molecular complexity index is 1460. The van der Waals surface area contributed by atoms with Crippen LogP contribution in [0.2, 0.25) is 0 Å². The van der Waals surface area contributed by atoms with Crippen LogP contribution in [0, 0.1) is 12.7 Å². The van der Waals surface area contributed by atoms with Gasteiger partial charge < -0.3 is 20.3 Å². The van der Waals surface area contributed by atoms with Gasteiger partial charge in [0.25, 0.3) is 5.91 Å². The van der Waals surface area contributed by atoms with E-state index in [4.69, 9.17) is 15.6 Å². The summed E-state index contributed by atoms with van der Waals surface area (Å²) in [6.07, 6.45) is 4.50. The molecule has 0 unspecified atom stereocenters. The lowest BCUT2D eigenvalue weighted by atomic mass is 10.1. The van der Waals surface area contributed by atoms with Gasteiger partial charge >= 0.3 is 0 Å². The van der Waals surface area contributed by atoms with Crippen LogP contribution in [-0.4, -0.2) is 65.4 Å². The third-order valence-corrected chi connectivity index (χ3v) is 5.77. The SMILES string of the molecule is COc1cc(-c2nn(-c3ccc(N(C)C(=O)/C=C/CN(C)C)c(F)c3)c3ncnc(N)c23)ccc1C. The molecule has 0 fully saturated rings. The molecule has 4 rings (SSSR count). The number of fused-ring (bicyclic) bond motifs is 1. The molecule has 0 radical (unpaired) electrons. The summed E-state index contributed by atoms with van der Waals surface area (Å²) in [5.74, 6) is 0.0545. The maximum atomic E-state index is 15.2. The fourth-order valence-electron chi connectivity index (χ4n) is 3.82. The Hall–Kier alpha value is -4.31. The topological polar surface area (TPSA) is 102 Å². The highest BCUT2D eigenvalue weighted by atomic mass is 19.1. The Morgan fingerprint density at radius 1 is 1.17 bits per heavy atom. The lowest BCUT2D eigenvalue weighted by molar-refractivity contribution is -0.113. The van der Waals surface area contributed by atoms with Gasteiger partial charge in [0, 0.05) is 31.3 Å². The van der Waals surface area contributed by atoms with Crippen molar-refractivity contribution < 1.29 is 13.9 Å². The van der Waals surface area contributed by atoms with Crippen LogP contribution in [0.25, 0.3) is 28.0 Å². The highest BCUT2D eigenvalue weighted by Gasteiger charge is 2.20. The third kappa shape index (κ3) is 4.76. The molecular formula is C26H28FN7O2. The number of likely N-dealkylation sites (N-methyl/N-ethyl adjacent to an activating group) is 2. The molecule has 4 aromatic rings. The number of rotatable bonds is 7. The zero-order valence-corrected chi connectivity index (χ0v) is 20.9. The van der Waals surface area contributed by atoms with Crippen molar-refractivity contribution in [2.45, 2.75) is 6.92 Å². The van der Waals surface area contributed by atoms with Gasteiger partial charge in [0.05, 0.1) is 23.9 Å². The van der Waals surface area contributed by atoms with Crippen molar-refractivity contribution in [3.63, 3.8) is 0 Å². The first kappa shape index (κ1) is 24.8. The van der Waals surface area contributed by atoms with Crippen LogP contribution in [0.4, 0.5) is 15.9 Å². The molecule has 36 heavy (non-hydrogen) atoms. The second-order valence-corrected chi connectivity index (χ2v) is 8.60. The summed E-state index contributed by atoms with van der Waals surface area (Å²) in [5, 5.41) is 5.27. The number of nitrogen functional groups attached to an aromatic ring is 1. The number of amides is 1. The number of benzene rings is 2. The van der Waals surface area contributed by atoms with Crippen LogP contribution >= 0.6 is 0 Å². The summed E-state index contributed by atoms with van der Waals surface area (Å²) in [6.45, 7) is 2.55. The molecule has 0 saturated carbocycles. The quantitative estimate of drug-likeness (QED) is 0.396. The van der Waals surface area contributed by atoms with Gasteiger partial charge in [0.15, 0.2) is 5.65 Å². The van der Waals surface area contributed by atoms with E-state index in [1.807, 2.05) is 44.1 Å². The van der Waals surface area contributed by atoms with Gasteiger partial charge in [-0.3, -0.25) is 4.79 Å². The number of aromatic nitrogens is 4. The highest BCUT2D eigenvalue weighted by Crippen LogP contribution is 2.34. The van der Waals surface area contributed by atoms with E-state index in [0.29, 0.717) is 34.7 Å². The minimum absolute atomic E-state index is 0.146. The highest BCUT2D eigenvalue weighted by molar-refractivity contribution is 6.01. The van der Waals surface area contributed by atoms with Crippen molar-refractivity contribution in [1.29, 1.82) is 0 Å². The maximum absolute atomic E-state index is 15.2. The van der Waals surface area contributed by atoms with E-state index in [2.05, 4.69) is 9.97 Å². The number of halogens is 1. The zero-order valence-electron chi connectivity index (χ0n) is 20.9. The van der Waals surface area contributed by atoms with Crippen molar-refractivity contribution in [2.75, 3.05) is 45.4 Å². The molecule has 2 aromatic heterocycles. The molecule has 0 aliphatic heterocycles. The second kappa shape index (κ2) is 10.1. The predicted molar refractivity (Wildman–Crippen MR) is 139 cm³/mol. The van der Waals surface area contributed by atoms with Crippen LogP contribution < -0.4 is 15.4 Å². The summed E-state index contributed by atoms with van der Waals surface area (Å²) in [6, 6.07) is 10.2. The molecule has 0 spiro atoms. The van der Waals surface area contributed by atoms with Crippen LogP contribution in [-0.2, 0) is 4.79 Å². The first-order valence-corrected chi connectivity index (χ1v) is 11.2. The average molecular weight is 490 g/mol. The van der Waals surface area contributed by atoms with E-state index in [1.54, 1.807) is 19.3 Å². The third-order valence-electron chi connectivity index (χ3n) is 5.77. The summed E-state index contributed by atoms with van der Waals surface area (Å²) in [7, 11) is 6.93. The summed E-state index contributed by atoms with van der Waals surface area (Å²) >= 11 is 0. The molecule has 0 atom stereocenters. The van der Waals surface area contributed by atoms with Crippen LogP contribution in [0.5, 0.6) is 5.75 Å². The summed E-state index contributed by atoms with van der Waals surface area (Å²) < 4.78 is 22.2. The molecule has 10 heteroatoms. The molecule has 186 valence electrons. The summed E-state index contributed by atoms with van der Waals surface area (Å²) in [4.78, 5) is 24.1. The molecule has 0 saturated heterocycles. The molecule has 9 nitrogen and oxygen atoms in total. The van der Waals surface area contributed by atoms with Crippen molar-refractivity contribution in [2.24, 2.45) is 0 Å². The first-order valence-electron chi connectivity index (χ1n) is 11.2. The lowest BCUT2D eigenvalue weighted by Gasteiger charge is -2.17. The second-order valence-electron chi connectivity index (χ2n) is 8.60. The Morgan fingerprint density at radius 2 is 1.94 bits per heavy atom. The van der Waals surface area contributed by atoms with E-state index in [0.717, 1.165) is 11.1 Å². The van der Waals surface area contributed by atoms with Gasteiger partial charge in [-0.25, -0.2) is 19.0 Å².